The molecule has 3 N–H and O–H groups in total. The maximum Gasteiger partial charge on any atom is 0.240 e. The van der Waals surface area contributed by atoms with Crippen molar-refractivity contribution in [2.24, 2.45) is 5.73 Å². The molecule has 0 fully saturated rings. The Balaban J connectivity index is 1.52. The lowest BCUT2D eigenvalue weighted by atomic mass is 9.67. The molecule has 0 saturated carbocycles. The van der Waals surface area contributed by atoms with E-state index >= 15 is 0 Å². The Morgan fingerprint density at radius 1 is 0.632 bits per heavy atom. The summed E-state index contributed by atoms with van der Waals surface area (Å²) in [4.78, 5) is 26.4. The number of fused-ring (bicyclic) bond motifs is 1. The van der Waals surface area contributed by atoms with Crippen molar-refractivity contribution in [3.8, 4) is 0 Å². The molecule has 38 heavy (non-hydrogen) atoms. The third-order valence-electron chi connectivity index (χ3n) is 7.21. The fraction of sp³-hybridized carbons (Fsp3) is 0.118. The summed E-state index contributed by atoms with van der Waals surface area (Å²) in [5.41, 5.74) is 9.02. The van der Waals surface area contributed by atoms with Crippen molar-refractivity contribution in [1.82, 2.24) is 5.32 Å². The molecule has 5 aromatic rings. The molecule has 0 spiro atoms. The van der Waals surface area contributed by atoms with Crippen molar-refractivity contribution in [2.45, 2.75) is 24.3 Å². The molecule has 0 unspecified atom stereocenters. The van der Waals surface area contributed by atoms with Gasteiger partial charge >= 0.3 is 0 Å². The third kappa shape index (κ3) is 5.07. The molecule has 0 saturated heterocycles. The van der Waals surface area contributed by atoms with Crippen molar-refractivity contribution in [1.29, 1.82) is 0 Å². The van der Waals surface area contributed by atoms with E-state index < -0.39 is 17.4 Å². The number of rotatable bonds is 9. The predicted octanol–water partition coefficient (Wildman–Crippen LogP) is 5.78. The molecule has 1 atom stereocenters. The molecule has 0 aliphatic carbocycles. The van der Waals surface area contributed by atoms with Gasteiger partial charge in [0.1, 0.15) is 6.04 Å². The molecule has 4 heteroatoms. The van der Waals surface area contributed by atoms with Crippen molar-refractivity contribution >= 4 is 22.6 Å². The number of hydrogen-bond donors (Lipinski definition) is 2. The highest BCUT2D eigenvalue weighted by atomic mass is 16.2. The van der Waals surface area contributed by atoms with Crippen LogP contribution < -0.4 is 11.1 Å². The molecule has 188 valence electrons. The predicted molar refractivity (Wildman–Crippen MR) is 153 cm³/mol. The van der Waals surface area contributed by atoms with Crippen LogP contribution in [0, 0.1) is 0 Å². The molecule has 0 heterocycles. The summed E-state index contributed by atoms with van der Waals surface area (Å²) >= 11 is 0. The summed E-state index contributed by atoms with van der Waals surface area (Å²) in [6.07, 6.45) is 0.432. The van der Waals surface area contributed by atoms with Gasteiger partial charge in [0.05, 0.1) is 5.41 Å². The Kier molecular flexibility index (Phi) is 7.32. The van der Waals surface area contributed by atoms with Gasteiger partial charge in [-0.25, -0.2) is 0 Å². The number of nitrogens with two attached hydrogens (primary N) is 1. The van der Waals surface area contributed by atoms with E-state index in [-0.39, 0.29) is 12.3 Å². The summed E-state index contributed by atoms with van der Waals surface area (Å²) in [5.74, 6) is -0.804. The number of nitrogens with one attached hydrogen (secondary N) is 1. The Morgan fingerprint density at radius 3 is 1.63 bits per heavy atom. The van der Waals surface area contributed by atoms with Crippen LogP contribution in [0.2, 0.25) is 0 Å². The summed E-state index contributed by atoms with van der Waals surface area (Å²) in [5, 5.41) is 5.10. The van der Waals surface area contributed by atoms with Crippen molar-refractivity contribution in [2.75, 3.05) is 0 Å². The van der Waals surface area contributed by atoms with Gasteiger partial charge in [0, 0.05) is 12.8 Å². The van der Waals surface area contributed by atoms with Crippen LogP contribution in [0.25, 0.3) is 10.8 Å². The Bertz CT molecular complexity index is 1430. The zero-order valence-corrected chi connectivity index (χ0v) is 21.1. The van der Waals surface area contributed by atoms with Crippen LogP contribution in [0.1, 0.15) is 28.7 Å². The van der Waals surface area contributed by atoms with Crippen molar-refractivity contribution in [3.63, 3.8) is 0 Å². The van der Waals surface area contributed by atoms with Gasteiger partial charge in [-0.1, -0.05) is 133 Å². The van der Waals surface area contributed by atoms with Crippen LogP contribution in [-0.4, -0.2) is 17.9 Å². The first-order valence-electron chi connectivity index (χ1n) is 12.8. The fourth-order valence-electron chi connectivity index (χ4n) is 5.37. The second kappa shape index (κ2) is 11.1. The van der Waals surface area contributed by atoms with Gasteiger partial charge in [-0.3, -0.25) is 9.59 Å². The van der Waals surface area contributed by atoms with Gasteiger partial charge in [-0.05, 0) is 33.0 Å². The first kappa shape index (κ1) is 25.0. The Morgan fingerprint density at radius 2 is 1.11 bits per heavy atom. The minimum Gasteiger partial charge on any atom is -0.368 e. The standard InChI is InChI=1S/C34H30N2O2/c35-33(38)31(23-26-15-12-14-25-13-10-11-22-30(25)26)36-32(37)24-34(27-16-4-1-5-17-27,28-18-6-2-7-19-28)29-20-8-3-9-21-29/h1-22,31H,23-24H2,(H2,35,38)(H,36,37)/t31-/m0/s1. The number of hydrogen-bond acceptors (Lipinski definition) is 2. The van der Waals surface area contributed by atoms with E-state index in [9.17, 15) is 9.59 Å². The molecule has 0 bridgehead atoms. The van der Waals surface area contributed by atoms with Crippen LogP contribution in [0.5, 0.6) is 0 Å². The summed E-state index contributed by atoms with van der Waals surface area (Å²) in [6.45, 7) is 0. The topological polar surface area (TPSA) is 72.2 Å². The zero-order valence-electron chi connectivity index (χ0n) is 21.1. The van der Waals surface area contributed by atoms with Gasteiger partial charge in [-0.15, -0.1) is 0 Å². The molecule has 5 aromatic carbocycles. The summed E-state index contributed by atoms with van der Waals surface area (Å²) < 4.78 is 0. The largest absolute Gasteiger partial charge is 0.368 e. The van der Waals surface area contributed by atoms with E-state index in [0.717, 1.165) is 33.0 Å². The lowest BCUT2D eigenvalue weighted by molar-refractivity contribution is -0.127. The Hall–Kier alpha value is -4.70. The van der Waals surface area contributed by atoms with Gasteiger partial charge in [0.15, 0.2) is 0 Å². The molecular formula is C34H30N2O2. The molecule has 0 radical (unpaired) electrons. The minimum absolute atomic E-state index is 0.115. The maximum absolute atomic E-state index is 13.8. The number of benzene rings is 5. The lowest BCUT2D eigenvalue weighted by Gasteiger charge is -2.36. The van der Waals surface area contributed by atoms with Crippen LogP contribution in [0.4, 0.5) is 0 Å². The average Bonchev–Trinajstić information content (AvgIpc) is 2.97. The van der Waals surface area contributed by atoms with E-state index in [2.05, 4.69) is 41.7 Å². The molecule has 5 rings (SSSR count). The fourth-order valence-corrected chi connectivity index (χ4v) is 5.37. The molecule has 0 aliphatic heterocycles. The van der Waals surface area contributed by atoms with Gasteiger partial charge in [-0.2, -0.15) is 0 Å². The average molecular weight is 499 g/mol. The molecule has 4 nitrogen and oxygen atoms in total. The smallest absolute Gasteiger partial charge is 0.240 e. The summed E-state index contributed by atoms with van der Waals surface area (Å²) in [7, 11) is 0. The number of carbonyl (C=O) groups is 2. The highest BCUT2D eigenvalue weighted by molar-refractivity contribution is 5.90. The summed E-state index contributed by atoms with van der Waals surface area (Å²) in [6, 6.07) is 43.3. The van der Waals surface area contributed by atoms with Gasteiger partial charge in [0.2, 0.25) is 11.8 Å². The highest BCUT2D eigenvalue weighted by Gasteiger charge is 2.39. The first-order chi connectivity index (χ1) is 18.6. The molecular weight excluding hydrogens is 468 g/mol. The van der Waals surface area contributed by atoms with E-state index in [1.165, 1.54) is 0 Å². The Labute approximate surface area is 223 Å². The number of amides is 2. The number of primary amides is 1. The SMILES string of the molecule is NC(=O)[C@H](Cc1cccc2ccccc12)NC(=O)CC(c1ccccc1)(c1ccccc1)c1ccccc1. The van der Waals surface area contributed by atoms with Crippen molar-refractivity contribution in [3.05, 3.63) is 156 Å². The van der Waals surface area contributed by atoms with Gasteiger partial charge < -0.3 is 11.1 Å². The van der Waals surface area contributed by atoms with E-state index in [0.29, 0.717) is 6.42 Å². The highest BCUT2D eigenvalue weighted by Crippen LogP contribution is 2.42. The van der Waals surface area contributed by atoms with Gasteiger partial charge in [0.25, 0.3) is 0 Å². The lowest BCUT2D eigenvalue weighted by Crippen LogP contribution is -2.48. The quantitative estimate of drug-likeness (QED) is 0.253. The second-order valence-corrected chi connectivity index (χ2v) is 9.55. The van der Waals surface area contributed by atoms with Crippen LogP contribution in [0.15, 0.2) is 133 Å². The maximum atomic E-state index is 13.8. The van der Waals surface area contributed by atoms with E-state index in [4.69, 9.17) is 5.73 Å². The van der Waals surface area contributed by atoms with Crippen LogP contribution in [0.3, 0.4) is 0 Å². The molecule has 0 aliphatic rings. The minimum atomic E-state index is -0.840. The second-order valence-electron chi connectivity index (χ2n) is 9.55. The monoisotopic (exact) mass is 498 g/mol. The van der Waals surface area contributed by atoms with Crippen LogP contribution in [-0.2, 0) is 21.4 Å². The number of carbonyl (C=O) groups excluding carboxylic acids is 2. The van der Waals surface area contributed by atoms with Crippen LogP contribution >= 0.6 is 0 Å². The first-order valence-corrected chi connectivity index (χ1v) is 12.8. The molecule has 0 aromatic heterocycles. The molecule has 2 amide bonds. The van der Waals surface area contributed by atoms with E-state index in [1.54, 1.807) is 0 Å². The normalized spacial score (nSPS) is 12.1. The third-order valence-corrected chi connectivity index (χ3v) is 7.21. The zero-order chi connectivity index (χ0) is 26.4. The van der Waals surface area contributed by atoms with E-state index in [1.807, 2.05) is 97.1 Å². The van der Waals surface area contributed by atoms with Crippen molar-refractivity contribution < 1.29 is 9.59 Å².